The van der Waals surface area contributed by atoms with Gasteiger partial charge in [-0.3, -0.25) is 14.6 Å². The summed E-state index contributed by atoms with van der Waals surface area (Å²) >= 11 is 7.41. The summed E-state index contributed by atoms with van der Waals surface area (Å²) in [6.07, 6.45) is 0.502. The largest absolute Gasteiger partial charge is 0.324 e. The molecule has 2 aliphatic rings. The van der Waals surface area contributed by atoms with E-state index in [0.29, 0.717) is 28.1 Å². The van der Waals surface area contributed by atoms with Gasteiger partial charge < -0.3 is 5.32 Å². The number of nitrogens with zero attached hydrogens (tertiary/aromatic N) is 3. The standard InChI is InChI=1S/C26H21ClN4O2S/c1-16(24(32)29-21-14-8-6-12-19(21)27)34-26-30-20-13-7-5-11-18(20)23-28-22(25(33)31(23)26)15-17-9-3-2-4-10-17/h2-14,16,22H,15H2,1H3,(H,29,32)/t16-,22+/m1/s1. The van der Waals surface area contributed by atoms with Crippen LogP contribution in [-0.2, 0) is 16.0 Å². The Bertz CT molecular complexity index is 1330. The minimum atomic E-state index is -0.540. The number of carbonyl (C=O) groups excluding carboxylic acids is 2. The number of hydrogen-bond donors (Lipinski definition) is 1. The summed E-state index contributed by atoms with van der Waals surface area (Å²) in [5.74, 6) is 0.210. The van der Waals surface area contributed by atoms with Gasteiger partial charge >= 0.3 is 0 Å². The highest BCUT2D eigenvalue weighted by Crippen LogP contribution is 2.35. The van der Waals surface area contributed by atoms with Crippen LogP contribution in [-0.4, -0.2) is 39.0 Å². The fourth-order valence-electron chi connectivity index (χ4n) is 3.86. The van der Waals surface area contributed by atoms with Crippen LogP contribution in [0.4, 0.5) is 11.4 Å². The second-order valence-electron chi connectivity index (χ2n) is 7.97. The minimum absolute atomic E-state index is 0.140. The van der Waals surface area contributed by atoms with Crippen molar-refractivity contribution in [2.75, 3.05) is 5.32 Å². The van der Waals surface area contributed by atoms with Crippen LogP contribution in [0, 0.1) is 0 Å². The summed E-state index contributed by atoms with van der Waals surface area (Å²) in [5, 5.41) is 3.23. The van der Waals surface area contributed by atoms with Crippen molar-refractivity contribution < 1.29 is 9.59 Å². The van der Waals surface area contributed by atoms with E-state index in [-0.39, 0.29) is 11.8 Å². The van der Waals surface area contributed by atoms with Crippen LogP contribution in [0.5, 0.6) is 0 Å². The van der Waals surface area contributed by atoms with Gasteiger partial charge in [-0.05, 0) is 36.8 Å². The Morgan fingerprint density at radius 2 is 1.76 bits per heavy atom. The molecular formula is C26H21ClN4O2S. The average molecular weight is 489 g/mol. The van der Waals surface area contributed by atoms with Crippen LogP contribution >= 0.6 is 23.4 Å². The highest BCUT2D eigenvalue weighted by Gasteiger charge is 2.42. The number of carbonyl (C=O) groups is 2. The lowest BCUT2D eigenvalue weighted by molar-refractivity contribution is -0.124. The first-order chi connectivity index (χ1) is 16.5. The monoisotopic (exact) mass is 488 g/mol. The molecule has 0 unspecified atom stereocenters. The first-order valence-electron chi connectivity index (χ1n) is 10.9. The van der Waals surface area contributed by atoms with Crippen LogP contribution in [0.25, 0.3) is 0 Å². The maximum Gasteiger partial charge on any atom is 0.259 e. The molecule has 0 saturated carbocycles. The molecule has 170 valence electrons. The number of halogens is 1. The predicted molar refractivity (Wildman–Crippen MR) is 138 cm³/mol. The second-order valence-corrected chi connectivity index (χ2v) is 9.69. The van der Waals surface area contributed by atoms with Crippen molar-refractivity contribution in [1.82, 2.24) is 4.90 Å². The second kappa shape index (κ2) is 9.44. The molecule has 0 saturated heterocycles. The van der Waals surface area contributed by atoms with Gasteiger partial charge in [0.25, 0.3) is 5.91 Å². The van der Waals surface area contributed by atoms with Crippen molar-refractivity contribution in [1.29, 1.82) is 0 Å². The van der Waals surface area contributed by atoms with Crippen molar-refractivity contribution >= 4 is 57.6 Å². The van der Waals surface area contributed by atoms with Crippen molar-refractivity contribution in [3.63, 3.8) is 0 Å². The molecule has 0 fully saturated rings. The summed E-state index contributed by atoms with van der Waals surface area (Å²) in [7, 11) is 0. The quantitative estimate of drug-likeness (QED) is 0.529. The Labute approximate surface area is 206 Å². The zero-order valence-corrected chi connectivity index (χ0v) is 19.9. The predicted octanol–water partition coefficient (Wildman–Crippen LogP) is 5.30. The molecule has 0 aliphatic carbocycles. The maximum absolute atomic E-state index is 13.5. The van der Waals surface area contributed by atoms with Gasteiger partial charge in [-0.25, -0.2) is 9.89 Å². The molecule has 8 heteroatoms. The number of hydrogen-bond acceptors (Lipinski definition) is 5. The van der Waals surface area contributed by atoms with E-state index in [0.717, 1.165) is 16.8 Å². The Kier molecular flexibility index (Phi) is 6.22. The first kappa shape index (κ1) is 22.4. The van der Waals surface area contributed by atoms with Crippen LogP contribution in [0.3, 0.4) is 0 Å². The summed E-state index contributed by atoms with van der Waals surface area (Å²) in [4.78, 5) is 37.4. The van der Waals surface area contributed by atoms with Gasteiger partial charge in [0.2, 0.25) is 5.91 Å². The molecule has 2 aliphatic heterocycles. The molecule has 0 aromatic heterocycles. The third kappa shape index (κ3) is 4.36. The zero-order valence-electron chi connectivity index (χ0n) is 18.3. The van der Waals surface area contributed by atoms with Crippen molar-refractivity contribution in [2.45, 2.75) is 24.6 Å². The molecular weight excluding hydrogens is 468 g/mol. The van der Waals surface area contributed by atoms with E-state index >= 15 is 0 Å². The molecule has 3 aromatic carbocycles. The van der Waals surface area contributed by atoms with E-state index in [1.807, 2.05) is 54.6 Å². The number of nitrogens with one attached hydrogen (secondary N) is 1. The Morgan fingerprint density at radius 1 is 1.06 bits per heavy atom. The van der Waals surface area contributed by atoms with Crippen molar-refractivity contribution in [3.8, 4) is 0 Å². The van der Waals surface area contributed by atoms with Crippen LogP contribution in [0.1, 0.15) is 18.1 Å². The van der Waals surface area contributed by atoms with Gasteiger partial charge in [0, 0.05) is 12.0 Å². The summed E-state index contributed by atoms with van der Waals surface area (Å²) in [6.45, 7) is 1.78. The molecule has 0 bridgehead atoms. The number of aliphatic imine (C=N–C) groups is 2. The van der Waals surface area contributed by atoms with Crippen molar-refractivity contribution in [3.05, 3.63) is 95.0 Å². The Morgan fingerprint density at radius 3 is 2.56 bits per heavy atom. The number of amides is 2. The Hall–Kier alpha value is -3.42. The summed E-state index contributed by atoms with van der Waals surface area (Å²) < 4.78 is 0. The van der Waals surface area contributed by atoms with E-state index in [1.165, 1.54) is 11.8 Å². The van der Waals surface area contributed by atoms with Gasteiger partial charge in [-0.15, -0.1) is 0 Å². The topological polar surface area (TPSA) is 74.1 Å². The molecule has 0 radical (unpaired) electrons. The minimum Gasteiger partial charge on any atom is -0.324 e. The SMILES string of the molecule is C[C@@H](SC1=Nc2ccccc2C2=N[C@@H](Cc3ccccc3)C(=O)N12)C(=O)Nc1ccccc1Cl. The molecule has 0 spiro atoms. The molecule has 2 heterocycles. The third-order valence-electron chi connectivity index (χ3n) is 5.60. The fourth-order valence-corrected chi connectivity index (χ4v) is 4.96. The van der Waals surface area contributed by atoms with Gasteiger partial charge in [0.05, 0.1) is 21.6 Å². The molecule has 2 amide bonds. The smallest absolute Gasteiger partial charge is 0.259 e. The number of fused-ring (bicyclic) bond motifs is 3. The van der Waals surface area contributed by atoms with E-state index in [9.17, 15) is 9.59 Å². The van der Waals surface area contributed by atoms with Gasteiger partial charge in [-0.1, -0.05) is 78.0 Å². The lowest BCUT2D eigenvalue weighted by Gasteiger charge is -2.27. The lowest BCUT2D eigenvalue weighted by Crippen LogP contribution is -2.42. The zero-order chi connectivity index (χ0) is 23.7. The molecule has 3 aromatic rings. The normalized spacial score (nSPS) is 17.4. The lowest BCUT2D eigenvalue weighted by atomic mass is 10.1. The fraction of sp³-hybridized carbons (Fsp3) is 0.154. The summed E-state index contributed by atoms with van der Waals surface area (Å²) in [5.41, 5.74) is 3.12. The van der Waals surface area contributed by atoms with Crippen molar-refractivity contribution in [2.24, 2.45) is 9.98 Å². The third-order valence-corrected chi connectivity index (χ3v) is 6.98. The Balaban J connectivity index is 1.41. The molecule has 5 rings (SSSR count). The highest BCUT2D eigenvalue weighted by molar-refractivity contribution is 8.15. The molecule has 1 N–H and O–H groups in total. The molecule has 2 atom stereocenters. The average Bonchev–Trinajstić information content (AvgIpc) is 3.17. The number of thioether (sulfide) groups is 1. The van der Waals surface area contributed by atoms with Crippen LogP contribution in [0.15, 0.2) is 88.8 Å². The van der Waals surface area contributed by atoms with E-state index in [1.54, 1.807) is 36.1 Å². The van der Waals surface area contributed by atoms with Crippen LogP contribution in [0.2, 0.25) is 5.02 Å². The van der Waals surface area contributed by atoms with E-state index in [4.69, 9.17) is 21.6 Å². The number of para-hydroxylation sites is 2. The van der Waals surface area contributed by atoms with E-state index < -0.39 is 11.3 Å². The number of benzene rings is 3. The van der Waals surface area contributed by atoms with Gasteiger partial charge in [-0.2, -0.15) is 0 Å². The van der Waals surface area contributed by atoms with E-state index in [2.05, 4.69) is 5.32 Å². The number of anilines is 1. The highest BCUT2D eigenvalue weighted by atomic mass is 35.5. The number of amidine groups is 2. The van der Waals surface area contributed by atoms with Crippen LogP contribution < -0.4 is 5.32 Å². The molecule has 34 heavy (non-hydrogen) atoms. The summed E-state index contributed by atoms with van der Waals surface area (Å²) in [6, 6.07) is 24.0. The first-order valence-corrected chi connectivity index (χ1v) is 12.1. The number of rotatable bonds is 5. The van der Waals surface area contributed by atoms with Gasteiger partial charge in [0.1, 0.15) is 11.9 Å². The van der Waals surface area contributed by atoms with Gasteiger partial charge in [0.15, 0.2) is 5.17 Å². The molecule has 6 nitrogen and oxygen atoms in total. The maximum atomic E-state index is 13.5.